The first-order valence-corrected chi connectivity index (χ1v) is 6.93. The molecule has 1 atom stereocenters. The Morgan fingerprint density at radius 3 is 2.83 bits per heavy atom. The Labute approximate surface area is 133 Å². The molecule has 1 aromatic carbocycles. The maximum absolute atomic E-state index is 12.4. The van der Waals surface area contributed by atoms with Gasteiger partial charge in [0.2, 0.25) is 0 Å². The minimum atomic E-state index is -1.01. The number of carbonyl (C=O) groups excluding carboxylic acids is 1. The van der Waals surface area contributed by atoms with Crippen LogP contribution in [0.1, 0.15) is 23.7 Å². The quantitative estimate of drug-likeness (QED) is 0.785. The molecule has 1 amide bonds. The molecule has 8 heteroatoms. The summed E-state index contributed by atoms with van der Waals surface area (Å²) in [5.41, 5.74) is 0.0774. The van der Waals surface area contributed by atoms with Gasteiger partial charge < -0.3 is 15.2 Å². The smallest absolute Gasteiger partial charge is 0.305 e. The Morgan fingerprint density at radius 2 is 2.22 bits per heavy atom. The Balaban J connectivity index is 2.19. The van der Waals surface area contributed by atoms with Crippen molar-refractivity contribution in [3.8, 4) is 5.69 Å². The highest BCUT2D eigenvalue weighted by Crippen LogP contribution is 2.14. The minimum absolute atomic E-state index is 0.0911. The van der Waals surface area contributed by atoms with Crippen LogP contribution in [-0.4, -0.2) is 51.2 Å². The van der Waals surface area contributed by atoms with Gasteiger partial charge in [0, 0.05) is 12.7 Å². The van der Waals surface area contributed by atoms with Crippen LogP contribution in [0.3, 0.4) is 0 Å². The van der Waals surface area contributed by atoms with Crippen molar-refractivity contribution in [3.05, 3.63) is 42.2 Å². The van der Waals surface area contributed by atoms with E-state index >= 15 is 0 Å². The van der Waals surface area contributed by atoms with Crippen LogP contribution in [0.2, 0.25) is 0 Å². The Bertz CT molecular complexity index is 687. The molecule has 2 aromatic rings. The number of methoxy groups -OCH3 is 1. The number of nitrogens with one attached hydrogen (secondary N) is 1. The van der Waals surface area contributed by atoms with Crippen molar-refractivity contribution in [1.82, 2.24) is 20.3 Å². The van der Waals surface area contributed by atoms with Crippen LogP contribution in [0.15, 0.2) is 36.7 Å². The van der Waals surface area contributed by atoms with Crippen molar-refractivity contribution in [2.75, 3.05) is 13.7 Å². The van der Waals surface area contributed by atoms with Crippen LogP contribution in [0.25, 0.3) is 5.69 Å². The number of carbonyl (C=O) groups is 2. The number of ether oxygens (including phenoxy) is 1. The second-order valence-electron chi connectivity index (χ2n) is 5.42. The lowest BCUT2D eigenvalue weighted by atomic mass is 9.98. The largest absolute Gasteiger partial charge is 0.481 e. The molecule has 2 N–H and O–H groups in total. The summed E-state index contributed by atoms with van der Waals surface area (Å²) in [6.45, 7) is 1.72. The molecule has 0 saturated heterocycles. The van der Waals surface area contributed by atoms with Crippen LogP contribution in [0.5, 0.6) is 0 Å². The number of amides is 1. The fourth-order valence-corrected chi connectivity index (χ4v) is 2.27. The van der Waals surface area contributed by atoms with Crippen molar-refractivity contribution in [3.63, 3.8) is 0 Å². The number of hydrogen-bond acceptors (Lipinski definition) is 5. The van der Waals surface area contributed by atoms with Gasteiger partial charge in [0.05, 0.1) is 36.6 Å². The van der Waals surface area contributed by atoms with E-state index in [1.807, 2.05) is 0 Å². The van der Waals surface area contributed by atoms with E-state index in [4.69, 9.17) is 9.84 Å². The van der Waals surface area contributed by atoms with Gasteiger partial charge in [0.15, 0.2) is 0 Å². The van der Waals surface area contributed by atoms with Crippen LogP contribution in [0, 0.1) is 0 Å². The van der Waals surface area contributed by atoms with E-state index in [9.17, 15) is 9.59 Å². The van der Waals surface area contributed by atoms with E-state index in [0.717, 1.165) is 0 Å². The Morgan fingerprint density at radius 1 is 1.43 bits per heavy atom. The second kappa shape index (κ2) is 7.01. The lowest BCUT2D eigenvalue weighted by molar-refractivity contribution is -0.139. The van der Waals surface area contributed by atoms with E-state index in [1.54, 1.807) is 37.4 Å². The summed E-state index contributed by atoms with van der Waals surface area (Å²) in [6.07, 6.45) is 2.96. The standard InChI is InChI=1S/C15H18N4O4/c1-15(10-23-2,9-13(20)21)17-14(22)11-4-3-5-12(8-11)19-7-6-16-18-19/h3-8H,9-10H2,1-2H3,(H,17,22)(H,20,21). The van der Waals surface area contributed by atoms with Gasteiger partial charge >= 0.3 is 5.97 Å². The number of benzene rings is 1. The molecule has 1 aromatic heterocycles. The summed E-state index contributed by atoms with van der Waals surface area (Å²) < 4.78 is 6.56. The third-order valence-corrected chi connectivity index (χ3v) is 3.22. The van der Waals surface area contributed by atoms with Gasteiger partial charge in [-0.05, 0) is 25.1 Å². The Kier molecular flexibility index (Phi) is 5.07. The summed E-state index contributed by atoms with van der Waals surface area (Å²) in [5.74, 6) is -1.39. The number of nitrogens with zero attached hydrogens (tertiary/aromatic N) is 3. The number of carboxylic acids is 1. The Hall–Kier alpha value is -2.74. The minimum Gasteiger partial charge on any atom is -0.481 e. The number of rotatable bonds is 7. The topological polar surface area (TPSA) is 106 Å². The van der Waals surface area contributed by atoms with Gasteiger partial charge in [-0.15, -0.1) is 5.10 Å². The summed E-state index contributed by atoms with van der Waals surface area (Å²) >= 11 is 0. The van der Waals surface area contributed by atoms with Crippen molar-refractivity contribution < 1.29 is 19.4 Å². The summed E-state index contributed by atoms with van der Waals surface area (Å²) in [4.78, 5) is 23.4. The van der Waals surface area contributed by atoms with E-state index in [0.29, 0.717) is 11.3 Å². The van der Waals surface area contributed by atoms with Crippen LogP contribution < -0.4 is 5.32 Å². The highest BCUT2D eigenvalue weighted by atomic mass is 16.5. The second-order valence-corrected chi connectivity index (χ2v) is 5.42. The van der Waals surface area contributed by atoms with Gasteiger partial charge in [-0.1, -0.05) is 11.3 Å². The van der Waals surface area contributed by atoms with Crippen LogP contribution in [-0.2, 0) is 9.53 Å². The number of aromatic nitrogens is 3. The first-order valence-electron chi connectivity index (χ1n) is 6.93. The molecule has 0 saturated carbocycles. The van der Waals surface area contributed by atoms with Gasteiger partial charge in [-0.25, -0.2) is 4.68 Å². The molecule has 1 heterocycles. The average molecular weight is 318 g/mol. The maximum atomic E-state index is 12.4. The normalized spacial score (nSPS) is 13.3. The van der Waals surface area contributed by atoms with Crippen molar-refractivity contribution in [2.24, 2.45) is 0 Å². The molecule has 0 radical (unpaired) electrons. The average Bonchev–Trinajstić information content (AvgIpc) is 3.00. The van der Waals surface area contributed by atoms with Crippen molar-refractivity contribution >= 4 is 11.9 Å². The van der Waals surface area contributed by atoms with Gasteiger partial charge in [0.25, 0.3) is 5.91 Å². The predicted molar refractivity (Wildman–Crippen MR) is 81.4 cm³/mol. The first-order chi connectivity index (χ1) is 10.9. The van der Waals surface area contributed by atoms with E-state index in [2.05, 4.69) is 15.6 Å². The zero-order chi connectivity index (χ0) is 16.9. The molecular formula is C15H18N4O4. The van der Waals surface area contributed by atoms with Gasteiger partial charge in [-0.2, -0.15) is 0 Å². The maximum Gasteiger partial charge on any atom is 0.305 e. The highest BCUT2D eigenvalue weighted by molar-refractivity contribution is 5.95. The lowest BCUT2D eigenvalue weighted by Crippen LogP contribution is -2.50. The number of carboxylic acid groups (broad SMARTS) is 1. The van der Waals surface area contributed by atoms with Crippen molar-refractivity contribution in [1.29, 1.82) is 0 Å². The van der Waals surface area contributed by atoms with Crippen LogP contribution in [0.4, 0.5) is 0 Å². The lowest BCUT2D eigenvalue weighted by Gasteiger charge is -2.28. The third-order valence-electron chi connectivity index (χ3n) is 3.22. The van der Waals surface area contributed by atoms with Crippen molar-refractivity contribution in [2.45, 2.75) is 18.9 Å². The molecule has 0 spiro atoms. The predicted octanol–water partition coefficient (Wildman–Crippen LogP) is 0.877. The number of aliphatic carboxylic acids is 1. The molecule has 23 heavy (non-hydrogen) atoms. The van der Waals surface area contributed by atoms with Gasteiger partial charge in [0.1, 0.15) is 0 Å². The molecule has 0 aliphatic rings. The van der Waals surface area contributed by atoms with E-state index < -0.39 is 11.5 Å². The SMILES string of the molecule is COCC(C)(CC(=O)O)NC(=O)c1cccc(-n2ccnn2)c1. The molecular weight excluding hydrogens is 300 g/mol. The van der Waals surface area contributed by atoms with Crippen LogP contribution >= 0.6 is 0 Å². The fourth-order valence-electron chi connectivity index (χ4n) is 2.27. The molecule has 2 rings (SSSR count). The molecule has 0 bridgehead atoms. The molecule has 0 aliphatic carbocycles. The molecule has 0 aliphatic heterocycles. The molecule has 0 fully saturated rings. The van der Waals surface area contributed by atoms with E-state index in [-0.39, 0.29) is 18.9 Å². The zero-order valence-electron chi connectivity index (χ0n) is 12.9. The highest BCUT2D eigenvalue weighted by Gasteiger charge is 2.30. The zero-order valence-corrected chi connectivity index (χ0v) is 12.9. The first kappa shape index (κ1) is 16.6. The molecule has 122 valence electrons. The van der Waals surface area contributed by atoms with E-state index in [1.165, 1.54) is 18.0 Å². The fraction of sp³-hybridized carbons (Fsp3) is 0.333. The molecule has 8 nitrogen and oxygen atoms in total. The number of hydrogen-bond donors (Lipinski definition) is 2. The summed E-state index contributed by atoms with van der Waals surface area (Å²) in [6, 6.07) is 6.80. The monoisotopic (exact) mass is 318 g/mol. The van der Waals surface area contributed by atoms with Gasteiger partial charge in [-0.3, -0.25) is 9.59 Å². The molecule has 1 unspecified atom stereocenters. The summed E-state index contributed by atoms with van der Waals surface area (Å²) in [5, 5.41) is 19.3. The third kappa shape index (κ3) is 4.36. The summed E-state index contributed by atoms with van der Waals surface area (Å²) in [7, 11) is 1.46.